The summed E-state index contributed by atoms with van der Waals surface area (Å²) in [6, 6.07) is -0.281. The molecule has 0 heterocycles. The number of unbranched alkanes of at least 4 members (excludes halogenated alkanes) is 1. The van der Waals surface area contributed by atoms with Gasteiger partial charge < -0.3 is 15.2 Å². The van der Waals surface area contributed by atoms with E-state index in [-0.39, 0.29) is 18.6 Å². The number of methoxy groups -OCH3 is 1. The Hall–Kier alpha value is -0.130. The summed E-state index contributed by atoms with van der Waals surface area (Å²) in [6.45, 7) is 0.263. The Morgan fingerprint density at radius 3 is 2.79 bits per heavy atom. The molecule has 0 aromatic heterocycles. The molecule has 0 aromatic carbocycles. The van der Waals surface area contributed by atoms with Crippen LogP contribution in [0.3, 0.4) is 0 Å². The first-order valence-corrected chi connectivity index (χ1v) is 5.81. The van der Waals surface area contributed by atoms with Gasteiger partial charge in [0.25, 0.3) is 0 Å². The van der Waals surface area contributed by atoms with E-state index >= 15 is 0 Å². The molecule has 5 heteroatoms. The number of aliphatic hydroxyl groups excluding tert-OH is 1. The number of carbonyl (C=O) groups excluding carboxylic acids is 1. The zero-order valence-electron chi connectivity index (χ0n) is 8.46. The third-order valence-corrected chi connectivity index (χ3v) is 2.30. The van der Waals surface area contributed by atoms with Crippen molar-refractivity contribution >= 4 is 21.8 Å². The molecule has 0 aliphatic carbocycles. The van der Waals surface area contributed by atoms with Crippen LogP contribution in [0.5, 0.6) is 0 Å². The second-order valence-corrected chi connectivity index (χ2v) is 3.84. The molecule has 0 saturated heterocycles. The lowest BCUT2D eigenvalue weighted by Crippen LogP contribution is -2.40. The summed E-state index contributed by atoms with van der Waals surface area (Å²) in [5.74, 6) is -0.0259. The van der Waals surface area contributed by atoms with Crippen LogP contribution in [0.1, 0.15) is 19.3 Å². The monoisotopic (exact) mass is 267 g/mol. The van der Waals surface area contributed by atoms with Crippen molar-refractivity contribution in [3.63, 3.8) is 0 Å². The van der Waals surface area contributed by atoms with Gasteiger partial charge >= 0.3 is 0 Å². The molecule has 0 spiro atoms. The Bertz CT molecular complexity index is 155. The van der Waals surface area contributed by atoms with E-state index in [1.165, 1.54) is 0 Å². The largest absolute Gasteiger partial charge is 0.394 e. The second-order valence-electron chi connectivity index (χ2n) is 3.05. The lowest BCUT2D eigenvalue weighted by Gasteiger charge is -2.14. The molecule has 0 fully saturated rings. The maximum atomic E-state index is 11.3. The first-order chi connectivity index (χ1) is 6.74. The van der Waals surface area contributed by atoms with E-state index in [0.29, 0.717) is 13.0 Å². The minimum absolute atomic E-state index is 0.0259. The number of alkyl halides is 1. The molecule has 0 aliphatic rings. The fraction of sp³-hybridized carbons (Fsp3) is 0.889. The van der Waals surface area contributed by atoms with E-state index in [9.17, 15) is 4.79 Å². The molecule has 0 bridgehead atoms. The summed E-state index contributed by atoms with van der Waals surface area (Å²) < 4.78 is 4.84. The maximum Gasteiger partial charge on any atom is 0.220 e. The van der Waals surface area contributed by atoms with E-state index in [0.717, 1.165) is 18.2 Å². The molecular weight excluding hydrogens is 250 g/mol. The Morgan fingerprint density at radius 2 is 2.29 bits per heavy atom. The number of hydrogen-bond acceptors (Lipinski definition) is 3. The van der Waals surface area contributed by atoms with Gasteiger partial charge in [0.1, 0.15) is 0 Å². The average molecular weight is 268 g/mol. The van der Waals surface area contributed by atoms with E-state index in [1.807, 2.05) is 0 Å². The van der Waals surface area contributed by atoms with Crippen molar-refractivity contribution in [3.8, 4) is 0 Å². The second kappa shape index (κ2) is 9.43. The van der Waals surface area contributed by atoms with Gasteiger partial charge in [0.05, 0.1) is 19.3 Å². The molecule has 1 amide bonds. The van der Waals surface area contributed by atoms with Gasteiger partial charge in [-0.05, 0) is 12.8 Å². The number of hydrogen-bond donors (Lipinski definition) is 2. The Kier molecular flexibility index (Phi) is 9.34. The van der Waals surface area contributed by atoms with Crippen LogP contribution >= 0.6 is 15.9 Å². The van der Waals surface area contributed by atoms with Crippen LogP contribution in [0.15, 0.2) is 0 Å². The molecular formula is C9H18BrNO3. The summed E-state index contributed by atoms with van der Waals surface area (Å²) >= 11 is 3.30. The quantitative estimate of drug-likeness (QED) is 0.502. The van der Waals surface area contributed by atoms with E-state index < -0.39 is 0 Å². The summed E-state index contributed by atoms with van der Waals surface area (Å²) in [5, 5.41) is 12.5. The fourth-order valence-electron chi connectivity index (χ4n) is 1.02. The predicted octanol–water partition coefficient (Wildman–Crippen LogP) is 0.675. The average Bonchev–Trinajstić information content (AvgIpc) is 2.17. The molecule has 0 aliphatic heterocycles. The van der Waals surface area contributed by atoms with Gasteiger partial charge in [-0.15, -0.1) is 0 Å². The third-order valence-electron chi connectivity index (χ3n) is 1.74. The molecule has 14 heavy (non-hydrogen) atoms. The van der Waals surface area contributed by atoms with Crippen LogP contribution in [0, 0.1) is 0 Å². The molecule has 0 radical (unpaired) electrons. The highest BCUT2D eigenvalue weighted by Crippen LogP contribution is 1.98. The number of rotatable bonds is 8. The van der Waals surface area contributed by atoms with E-state index in [1.54, 1.807) is 7.11 Å². The lowest BCUT2D eigenvalue weighted by atomic mass is 10.2. The number of ether oxygens (including phenoxy) is 1. The van der Waals surface area contributed by atoms with Crippen molar-refractivity contribution in [1.29, 1.82) is 0 Å². The number of halogens is 1. The first-order valence-electron chi connectivity index (χ1n) is 4.69. The lowest BCUT2D eigenvalue weighted by molar-refractivity contribution is -0.122. The highest BCUT2D eigenvalue weighted by molar-refractivity contribution is 9.09. The van der Waals surface area contributed by atoms with Gasteiger partial charge in [-0.2, -0.15) is 0 Å². The molecule has 1 atom stereocenters. The highest BCUT2D eigenvalue weighted by atomic mass is 79.9. The zero-order valence-corrected chi connectivity index (χ0v) is 10.0. The van der Waals surface area contributed by atoms with Crippen LogP contribution in [0.25, 0.3) is 0 Å². The topological polar surface area (TPSA) is 58.6 Å². The van der Waals surface area contributed by atoms with Crippen molar-refractivity contribution in [2.45, 2.75) is 25.3 Å². The summed E-state index contributed by atoms with van der Waals surface area (Å²) in [7, 11) is 1.54. The smallest absolute Gasteiger partial charge is 0.220 e. The van der Waals surface area contributed by atoms with Gasteiger partial charge in [-0.25, -0.2) is 0 Å². The van der Waals surface area contributed by atoms with E-state index in [4.69, 9.17) is 9.84 Å². The predicted molar refractivity (Wildman–Crippen MR) is 58.5 cm³/mol. The molecule has 0 saturated carbocycles. The van der Waals surface area contributed by atoms with E-state index in [2.05, 4.69) is 21.2 Å². The van der Waals surface area contributed by atoms with Gasteiger partial charge in [0.15, 0.2) is 0 Å². The minimum Gasteiger partial charge on any atom is -0.394 e. The highest BCUT2D eigenvalue weighted by Gasteiger charge is 2.09. The molecule has 0 aromatic rings. The standard InChI is InChI=1S/C9H18BrNO3/c1-14-7-8(6-12)11-9(13)4-2-3-5-10/h8,12H,2-7H2,1H3,(H,11,13). The van der Waals surface area contributed by atoms with Crippen LogP contribution in [0.4, 0.5) is 0 Å². The van der Waals surface area contributed by atoms with Gasteiger partial charge in [0, 0.05) is 18.9 Å². The number of carbonyl (C=O) groups is 1. The minimum atomic E-state index is -0.281. The van der Waals surface area contributed by atoms with Gasteiger partial charge in [-0.1, -0.05) is 15.9 Å². The Morgan fingerprint density at radius 1 is 1.57 bits per heavy atom. The summed E-state index contributed by atoms with van der Waals surface area (Å²) in [5.41, 5.74) is 0. The normalized spacial score (nSPS) is 12.5. The molecule has 2 N–H and O–H groups in total. The van der Waals surface area contributed by atoms with Gasteiger partial charge in [0.2, 0.25) is 5.91 Å². The third kappa shape index (κ3) is 7.29. The first kappa shape index (κ1) is 13.9. The van der Waals surface area contributed by atoms with Crippen molar-refractivity contribution in [1.82, 2.24) is 5.32 Å². The molecule has 0 rings (SSSR count). The number of nitrogens with one attached hydrogen (secondary N) is 1. The van der Waals surface area contributed by atoms with Gasteiger partial charge in [-0.3, -0.25) is 4.79 Å². The fourth-order valence-corrected chi connectivity index (χ4v) is 1.42. The Labute approximate surface area is 93.1 Å². The Balaban J connectivity index is 3.56. The maximum absolute atomic E-state index is 11.3. The van der Waals surface area contributed by atoms with Crippen molar-refractivity contribution < 1.29 is 14.6 Å². The molecule has 4 nitrogen and oxygen atoms in total. The van der Waals surface area contributed by atoms with Crippen molar-refractivity contribution in [2.24, 2.45) is 0 Å². The number of amides is 1. The summed E-state index contributed by atoms with van der Waals surface area (Å²) in [6.07, 6.45) is 2.36. The van der Waals surface area contributed by atoms with Crippen LogP contribution in [0.2, 0.25) is 0 Å². The van der Waals surface area contributed by atoms with Crippen LogP contribution in [-0.2, 0) is 9.53 Å². The SMILES string of the molecule is COCC(CO)NC(=O)CCCCBr. The zero-order chi connectivity index (χ0) is 10.8. The van der Waals surface area contributed by atoms with Crippen molar-refractivity contribution in [2.75, 3.05) is 25.7 Å². The van der Waals surface area contributed by atoms with Crippen LogP contribution < -0.4 is 5.32 Å². The molecule has 1 unspecified atom stereocenters. The van der Waals surface area contributed by atoms with Crippen LogP contribution in [-0.4, -0.2) is 42.7 Å². The van der Waals surface area contributed by atoms with Crippen molar-refractivity contribution in [3.05, 3.63) is 0 Å². The summed E-state index contributed by atoms with van der Waals surface area (Å²) in [4.78, 5) is 11.3. The number of aliphatic hydroxyl groups is 1. The molecule has 84 valence electrons.